The minimum absolute atomic E-state index is 0.00962. The van der Waals surface area contributed by atoms with Crippen LogP contribution in [0.5, 0.6) is 0 Å². The number of carbonyl (C=O) groups is 2. The van der Waals surface area contributed by atoms with Crippen LogP contribution in [0.25, 0.3) is 0 Å². The number of nitrogens with zero attached hydrogens (tertiary/aromatic N) is 2. The number of hydrogen-bond donors (Lipinski definition) is 1. The van der Waals surface area contributed by atoms with Gasteiger partial charge in [0.25, 0.3) is 5.91 Å². The second kappa shape index (κ2) is 8.73. The van der Waals surface area contributed by atoms with Crippen LogP contribution in [0, 0.1) is 0 Å². The van der Waals surface area contributed by atoms with Crippen molar-refractivity contribution in [1.82, 2.24) is 10.1 Å². The summed E-state index contributed by atoms with van der Waals surface area (Å²) in [6.07, 6.45) is 4.32. The van der Waals surface area contributed by atoms with E-state index in [9.17, 15) is 9.59 Å². The maximum absolute atomic E-state index is 12.6. The minimum atomic E-state index is -0.292. The molecule has 2 amide bonds. The summed E-state index contributed by atoms with van der Waals surface area (Å²) in [6.45, 7) is 2.64. The van der Waals surface area contributed by atoms with E-state index >= 15 is 0 Å². The van der Waals surface area contributed by atoms with Gasteiger partial charge in [0, 0.05) is 18.2 Å². The van der Waals surface area contributed by atoms with Gasteiger partial charge in [-0.25, -0.2) is 0 Å². The number of carbonyl (C=O) groups excluding carboxylic acids is 2. The Morgan fingerprint density at radius 1 is 1.17 bits per heavy atom. The van der Waals surface area contributed by atoms with Crippen molar-refractivity contribution in [3.63, 3.8) is 0 Å². The molecule has 1 aromatic heterocycles. The van der Waals surface area contributed by atoms with Crippen LogP contribution in [-0.2, 0) is 4.79 Å². The molecule has 6 heteroatoms. The van der Waals surface area contributed by atoms with Crippen LogP contribution in [-0.4, -0.2) is 35.0 Å². The van der Waals surface area contributed by atoms with Crippen LogP contribution in [0.1, 0.15) is 36.5 Å². The fraction of sp³-hybridized carbons (Fsp3) is 0.353. The molecule has 0 unspecified atom stereocenters. The van der Waals surface area contributed by atoms with E-state index in [1.807, 2.05) is 18.2 Å². The monoisotopic (exact) mass is 315 g/mol. The fourth-order valence-corrected chi connectivity index (χ4v) is 2.20. The van der Waals surface area contributed by atoms with E-state index < -0.39 is 0 Å². The molecule has 23 heavy (non-hydrogen) atoms. The maximum Gasteiger partial charge on any atom is 0.254 e. The molecule has 0 fully saturated rings. The van der Waals surface area contributed by atoms with Crippen molar-refractivity contribution in [3.05, 3.63) is 48.2 Å². The zero-order valence-corrected chi connectivity index (χ0v) is 13.2. The van der Waals surface area contributed by atoms with Crippen LogP contribution >= 0.6 is 0 Å². The summed E-state index contributed by atoms with van der Waals surface area (Å²) in [7, 11) is 0. The molecular formula is C17H21N3O3. The third kappa shape index (κ3) is 5.25. The lowest BCUT2D eigenvalue weighted by Crippen LogP contribution is -2.38. The van der Waals surface area contributed by atoms with Crippen molar-refractivity contribution in [3.8, 4) is 0 Å². The molecule has 122 valence electrons. The van der Waals surface area contributed by atoms with Gasteiger partial charge in [0.1, 0.15) is 12.8 Å². The van der Waals surface area contributed by atoms with Gasteiger partial charge in [-0.05, 0) is 18.6 Å². The summed E-state index contributed by atoms with van der Waals surface area (Å²) < 4.78 is 4.67. The molecule has 2 aromatic rings. The lowest BCUT2D eigenvalue weighted by Gasteiger charge is -2.22. The van der Waals surface area contributed by atoms with Crippen LogP contribution in [0.2, 0.25) is 0 Å². The second-order valence-electron chi connectivity index (χ2n) is 5.23. The average molecular weight is 315 g/mol. The highest BCUT2D eigenvalue weighted by Crippen LogP contribution is 2.08. The molecule has 2 rings (SSSR count). The van der Waals surface area contributed by atoms with E-state index in [4.69, 9.17) is 0 Å². The maximum atomic E-state index is 12.6. The first-order valence-corrected chi connectivity index (χ1v) is 7.75. The topological polar surface area (TPSA) is 75.4 Å². The van der Waals surface area contributed by atoms with Crippen molar-refractivity contribution in [2.24, 2.45) is 0 Å². The Labute approximate surface area is 135 Å². The molecule has 0 atom stereocenters. The Hall–Kier alpha value is -2.63. The van der Waals surface area contributed by atoms with Crippen molar-refractivity contribution in [1.29, 1.82) is 0 Å². The number of nitrogens with one attached hydrogen (secondary N) is 1. The number of hydrogen-bond acceptors (Lipinski definition) is 4. The van der Waals surface area contributed by atoms with Crippen molar-refractivity contribution >= 4 is 17.6 Å². The van der Waals surface area contributed by atoms with Gasteiger partial charge in [-0.1, -0.05) is 43.1 Å². The van der Waals surface area contributed by atoms with Crippen molar-refractivity contribution in [2.75, 3.05) is 18.4 Å². The minimum Gasteiger partial charge on any atom is -0.363 e. The van der Waals surface area contributed by atoms with Crippen LogP contribution < -0.4 is 5.32 Å². The summed E-state index contributed by atoms with van der Waals surface area (Å²) >= 11 is 0. The van der Waals surface area contributed by atoms with Gasteiger partial charge in [0.15, 0.2) is 5.82 Å². The molecule has 1 aromatic carbocycles. The van der Waals surface area contributed by atoms with Gasteiger partial charge < -0.3 is 14.7 Å². The number of benzene rings is 1. The van der Waals surface area contributed by atoms with E-state index in [0.717, 1.165) is 19.3 Å². The molecule has 0 aliphatic carbocycles. The molecular weight excluding hydrogens is 294 g/mol. The molecule has 1 heterocycles. The average Bonchev–Trinajstić information content (AvgIpc) is 3.07. The summed E-state index contributed by atoms with van der Waals surface area (Å²) in [5, 5.41) is 6.24. The Kier molecular flexibility index (Phi) is 6.35. The van der Waals surface area contributed by atoms with Crippen LogP contribution in [0.4, 0.5) is 5.82 Å². The quantitative estimate of drug-likeness (QED) is 0.760. The van der Waals surface area contributed by atoms with Gasteiger partial charge in [-0.3, -0.25) is 9.59 Å². The highest BCUT2D eigenvalue weighted by molar-refractivity contribution is 5.99. The zero-order chi connectivity index (χ0) is 16.5. The Morgan fingerprint density at radius 2 is 1.96 bits per heavy atom. The molecule has 0 aliphatic rings. The first-order chi connectivity index (χ1) is 11.2. The fourth-order valence-electron chi connectivity index (χ4n) is 2.20. The van der Waals surface area contributed by atoms with E-state index in [0.29, 0.717) is 17.9 Å². The number of rotatable bonds is 8. The van der Waals surface area contributed by atoms with Gasteiger partial charge in [-0.15, -0.1) is 0 Å². The smallest absolute Gasteiger partial charge is 0.254 e. The van der Waals surface area contributed by atoms with Crippen molar-refractivity contribution in [2.45, 2.75) is 26.2 Å². The number of unbranched alkanes of at least 4 members (excludes halogenated alkanes) is 2. The van der Waals surface area contributed by atoms with Crippen LogP contribution in [0.3, 0.4) is 0 Å². The largest absolute Gasteiger partial charge is 0.363 e. The van der Waals surface area contributed by atoms with Crippen LogP contribution in [0.15, 0.2) is 47.2 Å². The van der Waals surface area contributed by atoms with Gasteiger partial charge in [-0.2, -0.15) is 0 Å². The first-order valence-electron chi connectivity index (χ1n) is 7.75. The SMILES string of the molecule is CCCCCN(CC(=O)Nc1ccon1)C(=O)c1ccccc1. The van der Waals surface area contributed by atoms with Gasteiger partial charge >= 0.3 is 0 Å². The number of aromatic nitrogens is 1. The van der Waals surface area contributed by atoms with E-state index in [1.165, 1.54) is 6.26 Å². The molecule has 0 saturated heterocycles. The van der Waals surface area contributed by atoms with Crippen molar-refractivity contribution < 1.29 is 14.1 Å². The predicted octanol–water partition coefficient (Wildman–Crippen LogP) is 2.95. The number of anilines is 1. The Morgan fingerprint density at radius 3 is 2.61 bits per heavy atom. The summed E-state index contributed by atoms with van der Waals surface area (Å²) in [4.78, 5) is 26.3. The van der Waals surface area contributed by atoms with Gasteiger partial charge in [0.2, 0.25) is 5.91 Å². The molecule has 0 saturated carbocycles. The van der Waals surface area contributed by atoms with E-state index in [2.05, 4.69) is 21.9 Å². The summed E-state index contributed by atoms with van der Waals surface area (Å²) in [6, 6.07) is 10.5. The third-order valence-corrected chi connectivity index (χ3v) is 3.38. The standard InChI is InChI=1S/C17H21N3O3/c1-2-3-7-11-20(17(22)14-8-5-4-6-9-14)13-16(21)18-15-10-12-23-19-15/h4-6,8-10,12H,2-3,7,11,13H2,1H3,(H,18,19,21). The lowest BCUT2D eigenvalue weighted by atomic mass is 10.1. The molecule has 0 aliphatic heterocycles. The second-order valence-corrected chi connectivity index (χ2v) is 5.23. The molecule has 0 spiro atoms. The lowest BCUT2D eigenvalue weighted by molar-refractivity contribution is -0.117. The first kappa shape index (κ1) is 16.7. The highest BCUT2D eigenvalue weighted by Gasteiger charge is 2.18. The molecule has 0 bridgehead atoms. The van der Waals surface area contributed by atoms with E-state index in [-0.39, 0.29) is 18.4 Å². The molecule has 6 nitrogen and oxygen atoms in total. The van der Waals surface area contributed by atoms with Gasteiger partial charge in [0.05, 0.1) is 0 Å². The summed E-state index contributed by atoms with van der Waals surface area (Å²) in [5.74, 6) is -0.0904. The third-order valence-electron chi connectivity index (χ3n) is 3.38. The van der Waals surface area contributed by atoms with E-state index in [1.54, 1.807) is 23.1 Å². The predicted molar refractivity (Wildman–Crippen MR) is 87.0 cm³/mol. The Balaban J connectivity index is 2.01. The highest BCUT2D eigenvalue weighted by atomic mass is 16.5. The molecule has 1 N–H and O–H groups in total. The normalized spacial score (nSPS) is 10.3. The zero-order valence-electron chi connectivity index (χ0n) is 13.2. The Bertz CT molecular complexity index is 611. The molecule has 0 radical (unpaired) electrons. The summed E-state index contributed by atoms with van der Waals surface area (Å²) in [5.41, 5.74) is 0.582. The number of amides is 2.